The smallest absolute Gasteiger partial charge is 0.0769 e. The normalized spacial score (nSPS) is 26.2. The number of nitrogens with one attached hydrogen (secondary N) is 1. The molecule has 1 aromatic rings. The number of nitrogens with two attached hydrogens (primary N) is 1. The summed E-state index contributed by atoms with van der Waals surface area (Å²) in [6, 6.07) is 0.188. The molecule has 1 aromatic heterocycles. The average molecular weight is 251 g/mol. The lowest BCUT2D eigenvalue weighted by Crippen LogP contribution is -2.36. The van der Waals surface area contributed by atoms with E-state index in [-0.39, 0.29) is 6.04 Å². The van der Waals surface area contributed by atoms with Gasteiger partial charge in [0.2, 0.25) is 0 Å². The molecule has 0 bridgehead atoms. The highest BCUT2D eigenvalue weighted by molar-refractivity contribution is 5.04. The Kier molecular flexibility index (Phi) is 4.72. The number of nitrogens with zero attached hydrogens (tertiary/aromatic N) is 3. The molecule has 102 valence electrons. The number of rotatable bonds is 5. The zero-order valence-corrected chi connectivity index (χ0v) is 11.5. The Bertz CT molecular complexity index is 354. The van der Waals surface area contributed by atoms with Crippen LogP contribution in [0.25, 0.3) is 0 Å². The van der Waals surface area contributed by atoms with E-state index in [0.717, 1.165) is 11.6 Å². The fraction of sp³-hybridized carbons (Fsp3) is 0.846. The SMILES string of the molecule is CCCC1CCC(C(NN)c2cnnn2C)CC1. The van der Waals surface area contributed by atoms with Crippen LogP contribution in [0.15, 0.2) is 6.20 Å². The molecule has 1 heterocycles. The van der Waals surface area contributed by atoms with Crippen LogP contribution < -0.4 is 11.3 Å². The van der Waals surface area contributed by atoms with E-state index in [4.69, 9.17) is 5.84 Å². The van der Waals surface area contributed by atoms with E-state index in [1.165, 1.54) is 38.5 Å². The molecule has 0 aromatic carbocycles. The molecule has 5 heteroatoms. The summed E-state index contributed by atoms with van der Waals surface area (Å²) >= 11 is 0. The average Bonchev–Trinajstić information content (AvgIpc) is 2.79. The first-order chi connectivity index (χ1) is 8.76. The van der Waals surface area contributed by atoms with Crippen molar-refractivity contribution in [2.24, 2.45) is 24.7 Å². The van der Waals surface area contributed by atoms with Crippen LogP contribution in [0.5, 0.6) is 0 Å². The maximum Gasteiger partial charge on any atom is 0.0769 e. The largest absolute Gasteiger partial charge is 0.271 e. The molecule has 0 spiro atoms. The fourth-order valence-electron chi connectivity index (χ4n) is 3.26. The minimum Gasteiger partial charge on any atom is -0.271 e. The minimum atomic E-state index is 0.188. The number of aryl methyl sites for hydroxylation is 1. The van der Waals surface area contributed by atoms with E-state index < -0.39 is 0 Å². The number of hydrogen-bond acceptors (Lipinski definition) is 4. The molecule has 18 heavy (non-hydrogen) atoms. The van der Waals surface area contributed by atoms with Crippen molar-refractivity contribution in [2.75, 3.05) is 0 Å². The summed E-state index contributed by atoms with van der Waals surface area (Å²) < 4.78 is 1.82. The fourth-order valence-corrected chi connectivity index (χ4v) is 3.26. The van der Waals surface area contributed by atoms with Crippen LogP contribution in [-0.4, -0.2) is 15.0 Å². The maximum atomic E-state index is 5.74. The van der Waals surface area contributed by atoms with E-state index in [9.17, 15) is 0 Å². The second-order valence-corrected chi connectivity index (χ2v) is 5.50. The summed E-state index contributed by atoms with van der Waals surface area (Å²) in [5.74, 6) is 7.27. The number of hydrogen-bond donors (Lipinski definition) is 2. The van der Waals surface area contributed by atoms with E-state index in [0.29, 0.717) is 5.92 Å². The Morgan fingerprint density at radius 1 is 1.44 bits per heavy atom. The van der Waals surface area contributed by atoms with Gasteiger partial charge in [-0.25, -0.2) is 0 Å². The molecule has 1 aliphatic rings. The van der Waals surface area contributed by atoms with Crippen molar-refractivity contribution in [3.05, 3.63) is 11.9 Å². The van der Waals surface area contributed by atoms with Gasteiger partial charge in [-0.1, -0.05) is 37.8 Å². The second kappa shape index (κ2) is 6.29. The zero-order valence-electron chi connectivity index (χ0n) is 11.5. The quantitative estimate of drug-likeness (QED) is 0.620. The Hall–Kier alpha value is -0.940. The highest BCUT2D eigenvalue weighted by Gasteiger charge is 2.29. The summed E-state index contributed by atoms with van der Waals surface area (Å²) in [7, 11) is 1.93. The molecule has 0 aliphatic heterocycles. The Labute approximate surface area is 109 Å². The van der Waals surface area contributed by atoms with Gasteiger partial charge in [0.25, 0.3) is 0 Å². The third-order valence-corrected chi connectivity index (χ3v) is 4.31. The molecule has 2 rings (SSSR count). The summed E-state index contributed by atoms with van der Waals surface area (Å²) in [6.45, 7) is 2.28. The lowest BCUT2D eigenvalue weighted by atomic mass is 9.76. The van der Waals surface area contributed by atoms with E-state index in [1.807, 2.05) is 17.9 Å². The van der Waals surface area contributed by atoms with Gasteiger partial charge in [0, 0.05) is 7.05 Å². The van der Waals surface area contributed by atoms with Crippen molar-refractivity contribution >= 4 is 0 Å². The summed E-state index contributed by atoms with van der Waals surface area (Å²) in [5, 5.41) is 7.94. The van der Waals surface area contributed by atoms with E-state index in [2.05, 4.69) is 22.7 Å². The van der Waals surface area contributed by atoms with Gasteiger partial charge in [0.05, 0.1) is 17.9 Å². The van der Waals surface area contributed by atoms with Crippen molar-refractivity contribution in [2.45, 2.75) is 51.5 Å². The van der Waals surface area contributed by atoms with Gasteiger partial charge >= 0.3 is 0 Å². The topological polar surface area (TPSA) is 68.8 Å². The van der Waals surface area contributed by atoms with Crippen LogP contribution in [0.4, 0.5) is 0 Å². The second-order valence-electron chi connectivity index (χ2n) is 5.50. The van der Waals surface area contributed by atoms with Crippen molar-refractivity contribution in [3.8, 4) is 0 Å². The number of aromatic nitrogens is 3. The molecule has 5 nitrogen and oxygen atoms in total. The minimum absolute atomic E-state index is 0.188. The Morgan fingerprint density at radius 2 is 2.17 bits per heavy atom. The molecular weight excluding hydrogens is 226 g/mol. The van der Waals surface area contributed by atoms with Crippen LogP contribution in [-0.2, 0) is 7.05 Å². The van der Waals surface area contributed by atoms with Crippen LogP contribution in [0.1, 0.15) is 57.2 Å². The third kappa shape index (κ3) is 2.90. The summed E-state index contributed by atoms with van der Waals surface area (Å²) in [4.78, 5) is 0. The molecule has 3 N–H and O–H groups in total. The van der Waals surface area contributed by atoms with Crippen LogP contribution >= 0.6 is 0 Å². The van der Waals surface area contributed by atoms with Crippen LogP contribution in [0, 0.1) is 11.8 Å². The predicted octanol–water partition coefficient (Wildman–Crippen LogP) is 1.93. The predicted molar refractivity (Wildman–Crippen MR) is 71.4 cm³/mol. The first-order valence-electron chi connectivity index (χ1n) is 7.07. The molecule has 0 radical (unpaired) electrons. The molecular formula is C13H25N5. The molecule has 1 aliphatic carbocycles. The van der Waals surface area contributed by atoms with Gasteiger partial charge in [0.1, 0.15) is 0 Å². The van der Waals surface area contributed by atoms with Gasteiger partial charge in [-0.3, -0.25) is 16.0 Å². The highest BCUT2D eigenvalue weighted by Crippen LogP contribution is 2.37. The van der Waals surface area contributed by atoms with Crippen LogP contribution in [0.2, 0.25) is 0 Å². The van der Waals surface area contributed by atoms with Crippen LogP contribution in [0.3, 0.4) is 0 Å². The summed E-state index contributed by atoms with van der Waals surface area (Å²) in [6.07, 6.45) is 9.68. The van der Waals surface area contributed by atoms with Gasteiger partial charge in [0.15, 0.2) is 0 Å². The van der Waals surface area contributed by atoms with Gasteiger partial charge in [-0.2, -0.15) is 0 Å². The lowest BCUT2D eigenvalue weighted by molar-refractivity contribution is 0.210. The zero-order chi connectivity index (χ0) is 13.0. The van der Waals surface area contributed by atoms with Gasteiger partial charge < -0.3 is 0 Å². The van der Waals surface area contributed by atoms with Crippen molar-refractivity contribution in [1.82, 2.24) is 20.4 Å². The van der Waals surface area contributed by atoms with Gasteiger partial charge in [-0.05, 0) is 24.7 Å². The third-order valence-electron chi connectivity index (χ3n) is 4.31. The van der Waals surface area contributed by atoms with E-state index >= 15 is 0 Å². The molecule has 0 amide bonds. The van der Waals surface area contributed by atoms with Crippen molar-refractivity contribution in [1.29, 1.82) is 0 Å². The molecule has 1 fully saturated rings. The molecule has 0 saturated heterocycles. The standard InChI is InChI=1S/C13H25N5/c1-3-4-10-5-7-11(8-6-10)13(16-14)12-9-15-17-18(12)2/h9-11,13,16H,3-8,14H2,1-2H3. The highest BCUT2D eigenvalue weighted by atomic mass is 15.4. The molecule has 1 atom stereocenters. The molecule has 1 unspecified atom stereocenters. The first-order valence-corrected chi connectivity index (χ1v) is 7.07. The first kappa shape index (κ1) is 13.5. The molecule has 1 saturated carbocycles. The maximum absolute atomic E-state index is 5.74. The van der Waals surface area contributed by atoms with Crippen molar-refractivity contribution in [3.63, 3.8) is 0 Å². The van der Waals surface area contributed by atoms with E-state index in [1.54, 1.807) is 0 Å². The Morgan fingerprint density at radius 3 is 2.67 bits per heavy atom. The van der Waals surface area contributed by atoms with Crippen molar-refractivity contribution < 1.29 is 0 Å². The monoisotopic (exact) mass is 251 g/mol. The lowest BCUT2D eigenvalue weighted by Gasteiger charge is -2.33. The summed E-state index contributed by atoms with van der Waals surface area (Å²) in [5.41, 5.74) is 4.05. The number of hydrazine groups is 1. The Balaban J connectivity index is 1.97. The van der Waals surface area contributed by atoms with Gasteiger partial charge in [-0.15, -0.1) is 5.10 Å².